The highest BCUT2D eigenvalue weighted by Crippen LogP contribution is 2.25. The van der Waals surface area contributed by atoms with Gasteiger partial charge in [0, 0.05) is 10.6 Å². The Balaban J connectivity index is 1.99. The standard InChI is InChI=1S/C17H13Cl2NO4/c1-10(16(22)20-15-7-6-13(18)8-14(15)19)24-17(23)12-4-2-11(9-21)3-5-12/h2-10H,1H3,(H,20,22)/t10-/m1/s1. The van der Waals surface area contributed by atoms with E-state index in [-0.39, 0.29) is 10.6 Å². The van der Waals surface area contributed by atoms with Gasteiger partial charge in [0.2, 0.25) is 0 Å². The minimum atomic E-state index is -1.03. The molecular formula is C17H13Cl2NO4. The third-order valence-corrected chi connectivity index (χ3v) is 3.67. The third kappa shape index (κ3) is 4.57. The van der Waals surface area contributed by atoms with Crippen LogP contribution in [0.1, 0.15) is 27.6 Å². The van der Waals surface area contributed by atoms with Crippen molar-refractivity contribution < 1.29 is 19.1 Å². The van der Waals surface area contributed by atoms with Gasteiger partial charge in [-0.3, -0.25) is 9.59 Å². The van der Waals surface area contributed by atoms with Gasteiger partial charge in [-0.05, 0) is 37.3 Å². The van der Waals surface area contributed by atoms with E-state index in [1.807, 2.05) is 0 Å². The molecule has 5 nitrogen and oxygen atoms in total. The Morgan fingerprint density at radius 1 is 1.12 bits per heavy atom. The molecule has 0 spiro atoms. The molecule has 2 aromatic carbocycles. The van der Waals surface area contributed by atoms with E-state index in [9.17, 15) is 14.4 Å². The smallest absolute Gasteiger partial charge is 0.338 e. The number of carbonyl (C=O) groups is 3. The Bertz CT molecular complexity index is 775. The average molecular weight is 366 g/mol. The topological polar surface area (TPSA) is 72.5 Å². The first kappa shape index (κ1) is 18.0. The van der Waals surface area contributed by atoms with Gasteiger partial charge in [0.25, 0.3) is 5.91 Å². The SMILES string of the molecule is C[C@@H](OC(=O)c1ccc(C=O)cc1)C(=O)Nc1ccc(Cl)cc1Cl. The number of rotatable bonds is 5. The number of nitrogens with one attached hydrogen (secondary N) is 1. The quantitative estimate of drug-likeness (QED) is 0.642. The largest absolute Gasteiger partial charge is 0.449 e. The van der Waals surface area contributed by atoms with Crippen LogP contribution < -0.4 is 5.32 Å². The summed E-state index contributed by atoms with van der Waals surface area (Å²) in [5.74, 6) is -1.20. The normalized spacial score (nSPS) is 11.5. The second-order valence-electron chi connectivity index (χ2n) is 4.90. The molecule has 24 heavy (non-hydrogen) atoms. The van der Waals surface area contributed by atoms with E-state index in [0.717, 1.165) is 0 Å². The summed E-state index contributed by atoms with van der Waals surface area (Å²) in [6, 6.07) is 10.5. The van der Waals surface area contributed by atoms with Crippen LogP contribution in [0.3, 0.4) is 0 Å². The maximum atomic E-state index is 12.1. The molecule has 1 N–H and O–H groups in total. The fraction of sp³-hybridized carbons (Fsp3) is 0.118. The lowest BCUT2D eigenvalue weighted by Gasteiger charge is -2.14. The monoisotopic (exact) mass is 365 g/mol. The fourth-order valence-corrected chi connectivity index (χ4v) is 2.26. The average Bonchev–Trinajstić information content (AvgIpc) is 2.57. The molecule has 0 aliphatic rings. The lowest BCUT2D eigenvalue weighted by molar-refractivity contribution is -0.123. The number of ether oxygens (including phenoxy) is 1. The van der Waals surface area contributed by atoms with Crippen molar-refractivity contribution in [1.29, 1.82) is 0 Å². The van der Waals surface area contributed by atoms with Gasteiger partial charge >= 0.3 is 5.97 Å². The van der Waals surface area contributed by atoms with Crippen LogP contribution in [0.2, 0.25) is 10.0 Å². The van der Waals surface area contributed by atoms with Crippen molar-refractivity contribution in [2.24, 2.45) is 0 Å². The van der Waals surface area contributed by atoms with Gasteiger partial charge in [-0.15, -0.1) is 0 Å². The van der Waals surface area contributed by atoms with E-state index < -0.39 is 18.0 Å². The van der Waals surface area contributed by atoms with Crippen LogP contribution in [-0.4, -0.2) is 24.3 Å². The van der Waals surface area contributed by atoms with Gasteiger partial charge in [-0.2, -0.15) is 0 Å². The van der Waals surface area contributed by atoms with Gasteiger partial charge in [0.05, 0.1) is 16.3 Å². The molecule has 124 valence electrons. The number of esters is 1. The molecule has 2 aromatic rings. The first-order valence-electron chi connectivity index (χ1n) is 6.93. The van der Waals surface area contributed by atoms with Crippen LogP contribution in [-0.2, 0) is 9.53 Å². The second kappa shape index (κ2) is 7.95. The summed E-state index contributed by atoms with van der Waals surface area (Å²) in [5.41, 5.74) is 1.05. The molecule has 0 saturated heterocycles. The molecule has 0 saturated carbocycles. The van der Waals surface area contributed by atoms with E-state index in [1.165, 1.54) is 37.3 Å². The van der Waals surface area contributed by atoms with E-state index in [1.54, 1.807) is 12.1 Å². The van der Waals surface area contributed by atoms with E-state index in [2.05, 4.69) is 5.32 Å². The molecule has 0 fully saturated rings. The number of halogens is 2. The number of amides is 1. The van der Waals surface area contributed by atoms with Gasteiger partial charge < -0.3 is 10.1 Å². The first-order valence-corrected chi connectivity index (χ1v) is 7.68. The predicted octanol–water partition coefficient (Wildman–Crippen LogP) is 3.99. The Morgan fingerprint density at radius 2 is 1.79 bits per heavy atom. The zero-order valence-corrected chi connectivity index (χ0v) is 14.1. The summed E-state index contributed by atoms with van der Waals surface area (Å²) in [7, 11) is 0. The van der Waals surface area contributed by atoms with Crippen LogP contribution in [0, 0.1) is 0 Å². The van der Waals surface area contributed by atoms with Gasteiger partial charge in [0.1, 0.15) is 6.29 Å². The summed E-state index contributed by atoms with van der Waals surface area (Å²) < 4.78 is 5.10. The molecule has 0 heterocycles. The van der Waals surface area contributed by atoms with Crippen LogP contribution in [0.5, 0.6) is 0 Å². The molecule has 2 rings (SSSR count). The molecule has 0 aliphatic carbocycles. The van der Waals surface area contributed by atoms with Crippen LogP contribution >= 0.6 is 23.2 Å². The number of carbonyl (C=O) groups excluding carboxylic acids is 3. The van der Waals surface area contributed by atoms with Crippen molar-refractivity contribution >= 4 is 47.1 Å². The molecule has 0 bridgehead atoms. The molecule has 0 unspecified atom stereocenters. The molecule has 1 atom stereocenters. The van der Waals surface area contributed by atoms with Gasteiger partial charge in [-0.25, -0.2) is 4.79 Å². The third-order valence-electron chi connectivity index (χ3n) is 3.12. The molecule has 0 radical (unpaired) electrons. The minimum absolute atomic E-state index is 0.241. The Hall–Kier alpha value is -2.37. The number of anilines is 1. The summed E-state index contributed by atoms with van der Waals surface area (Å²) in [5, 5.41) is 3.28. The van der Waals surface area contributed by atoms with Crippen molar-refractivity contribution in [1.82, 2.24) is 0 Å². The van der Waals surface area contributed by atoms with Gasteiger partial charge in [-0.1, -0.05) is 35.3 Å². The number of aldehydes is 1. The first-order chi connectivity index (χ1) is 11.4. The highest BCUT2D eigenvalue weighted by atomic mass is 35.5. The Morgan fingerprint density at radius 3 is 2.38 bits per heavy atom. The van der Waals surface area contributed by atoms with E-state index in [4.69, 9.17) is 27.9 Å². The summed E-state index contributed by atoms with van der Waals surface area (Å²) >= 11 is 11.8. The van der Waals surface area contributed by atoms with Crippen molar-refractivity contribution in [3.8, 4) is 0 Å². The molecule has 0 aromatic heterocycles. The van der Waals surface area contributed by atoms with Gasteiger partial charge in [0.15, 0.2) is 6.10 Å². The zero-order chi connectivity index (χ0) is 17.7. The summed E-state index contributed by atoms with van der Waals surface area (Å²) in [6.45, 7) is 1.44. The maximum absolute atomic E-state index is 12.1. The van der Waals surface area contributed by atoms with E-state index >= 15 is 0 Å². The molecule has 1 amide bonds. The molecule has 7 heteroatoms. The van der Waals surface area contributed by atoms with Crippen molar-refractivity contribution in [2.75, 3.05) is 5.32 Å². The Labute approximate surface area is 148 Å². The lowest BCUT2D eigenvalue weighted by Crippen LogP contribution is -2.30. The van der Waals surface area contributed by atoms with E-state index in [0.29, 0.717) is 22.6 Å². The number of hydrogen-bond acceptors (Lipinski definition) is 4. The zero-order valence-electron chi connectivity index (χ0n) is 12.6. The van der Waals surface area contributed by atoms with Crippen molar-refractivity contribution in [3.05, 3.63) is 63.6 Å². The van der Waals surface area contributed by atoms with Crippen LogP contribution in [0.25, 0.3) is 0 Å². The number of hydrogen-bond donors (Lipinski definition) is 1. The van der Waals surface area contributed by atoms with Crippen molar-refractivity contribution in [2.45, 2.75) is 13.0 Å². The lowest BCUT2D eigenvalue weighted by atomic mass is 10.1. The highest BCUT2D eigenvalue weighted by Gasteiger charge is 2.19. The summed E-state index contributed by atoms with van der Waals surface area (Å²) in [6.07, 6.45) is -0.365. The minimum Gasteiger partial charge on any atom is -0.449 e. The summed E-state index contributed by atoms with van der Waals surface area (Å²) in [4.78, 5) is 34.7. The molecule has 0 aliphatic heterocycles. The predicted molar refractivity (Wildman–Crippen MR) is 91.8 cm³/mol. The van der Waals surface area contributed by atoms with Crippen LogP contribution in [0.4, 0.5) is 5.69 Å². The van der Waals surface area contributed by atoms with Crippen molar-refractivity contribution in [3.63, 3.8) is 0 Å². The molecular weight excluding hydrogens is 353 g/mol. The maximum Gasteiger partial charge on any atom is 0.338 e. The highest BCUT2D eigenvalue weighted by molar-refractivity contribution is 6.36. The number of benzene rings is 2. The Kier molecular flexibility index (Phi) is 5.95. The van der Waals surface area contributed by atoms with Crippen LogP contribution in [0.15, 0.2) is 42.5 Å². The second-order valence-corrected chi connectivity index (χ2v) is 5.74. The fourth-order valence-electron chi connectivity index (χ4n) is 1.81.